The van der Waals surface area contributed by atoms with Gasteiger partial charge in [0.1, 0.15) is 0 Å². The molecule has 0 bridgehead atoms. The second-order valence-electron chi connectivity index (χ2n) is 13.9. The van der Waals surface area contributed by atoms with Gasteiger partial charge in [0, 0.05) is 76.2 Å². The standard InChI is InChI=1S/C50H31N5S/c1-5-16-32(17-6-1)43-29-41(50-53-48(33-18-7-2-8-19-33)52-49(54-50)34-20-9-3-10-21-34)42(31-51-43)38-26-15-25-37-40-28-39-36-24-13-14-27-44(36)55(35-22-11-4-12-23-35)45(39)30-46(40)56-47(37)38/h1-31H. The van der Waals surface area contributed by atoms with Gasteiger partial charge in [-0.25, -0.2) is 15.0 Å². The van der Waals surface area contributed by atoms with Gasteiger partial charge in [-0.05, 0) is 36.4 Å². The number of hydrogen-bond acceptors (Lipinski definition) is 5. The van der Waals surface area contributed by atoms with Gasteiger partial charge in [0.05, 0.1) is 16.7 Å². The van der Waals surface area contributed by atoms with E-state index < -0.39 is 0 Å². The zero-order valence-corrected chi connectivity index (χ0v) is 30.9. The summed E-state index contributed by atoms with van der Waals surface area (Å²) in [6.45, 7) is 0. The van der Waals surface area contributed by atoms with Gasteiger partial charge in [-0.3, -0.25) is 4.98 Å². The van der Waals surface area contributed by atoms with E-state index in [0.717, 1.165) is 44.8 Å². The molecule has 11 rings (SSSR count). The van der Waals surface area contributed by atoms with Crippen molar-refractivity contribution in [1.29, 1.82) is 0 Å². The van der Waals surface area contributed by atoms with Crippen LogP contribution in [-0.2, 0) is 0 Å². The predicted octanol–water partition coefficient (Wildman–Crippen LogP) is 13.1. The molecule has 4 aromatic heterocycles. The van der Waals surface area contributed by atoms with E-state index in [-0.39, 0.29) is 0 Å². The Bertz CT molecular complexity index is 3170. The third-order valence-electron chi connectivity index (χ3n) is 10.5. The van der Waals surface area contributed by atoms with Crippen LogP contribution in [0.2, 0.25) is 0 Å². The normalized spacial score (nSPS) is 11.6. The lowest BCUT2D eigenvalue weighted by atomic mass is 9.97. The molecule has 0 amide bonds. The summed E-state index contributed by atoms with van der Waals surface area (Å²) >= 11 is 1.82. The fourth-order valence-electron chi connectivity index (χ4n) is 7.88. The molecule has 0 aliphatic heterocycles. The summed E-state index contributed by atoms with van der Waals surface area (Å²) in [6.07, 6.45) is 2.00. The molecule has 0 radical (unpaired) electrons. The highest BCUT2D eigenvalue weighted by atomic mass is 32.1. The lowest BCUT2D eigenvalue weighted by Gasteiger charge is -2.14. The fraction of sp³-hybridized carbons (Fsp3) is 0. The number of para-hydroxylation sites is 2. The number of aromatic nitrogens is 5. The zero-order chi connectivity index (χ0) is 37.0. The summed E-state index contributed by atoms with van der Waals surface area (Å²) in [5.74, 6) is 1.84. The van der Waals surface area contributed by atoms with Crippen molar-refractivity contribution in [2.75, 3.05) is 0 Å². The van der Waals surface area contributed by atoms with Crippen molar-refractivity contribution in [1.82, 2.24) is 24.5 Å². The molecule has 5 nitrogen and oxygen atoms in total. The van der Waals surface area contributed by atoms with Crippen molar-refractivity contribution >= 4 is 53.3 Å². The number of nitrogens with zero attached hydrogens (tertiary/aromatic N) is 5. The van der Waals surface area contributed by atoms with Crippen LogP contribution in [0, 0.1) is 0 Å². The summed E-state index contributed by atoms with van der Waals surface area (Å²) < 4.78 is 4.81. The molecule has 0 aliphatic carbocycles. The number of rotatable bonds is 6. The van der Waals surface area contributed by atoms with Crippen molar-refractivity contribution in [3.8, 4) is 62.2 Å². The fourth-order valence-corrected chi connectivity index (χ4v) is 9.12. The molecule has 11 aromatic rings. The Morgan fingerprint density at radius 1 is 0.393 bits per heavy atom. The minimum atomic E-state index is 0.597. The maximum Gasteiger partial charge on any atom is 0.164 e. The van der Waals surface area contributed by atoms with Crippen molar-refractivity contribution in [2.45, 2.75) is 0 Å². The summed E-state index contributed by atoms with van der Waals surface area (Å²) in [5, 5.41) is 4.93. The van der Waals surface area contributed by atoms with Crippen LogP contribution in [0.25, 0.3) is 104 Å². The molecular weight excluding hydrogens is 703 g/mol. The lowest BCUT2D eigenvalue weighted by Crippen LogP contribution is -2.02. The first-order chi connectivity index (χ1) is 27.8. The Morgan fingerprint density at radius 3 is 1.68 bits per heavy atom. The van der Waals surface area contributed by atoms with E-state index in [1.54, 1.807) is 0 Å². The van der Waals surface area contributed by atoms with Crippen LogP contribution < -0.4 is 0 Å². The van der Waals surface area contributed by atoms with Crippen LogP contribution in [0.1, 0.15) is 0 Å². The Morgan fingerprint density at radius 2 is 0.982 bits per heavy atom. The van der Waals surface area contributed by atoms with E-state index >= 15 is 0 Å². The van der Waals surface area contributed by atoms with E-state index in [1.807, 2.05) is 96.4 Å². The van der Waals surface area contributed by atoms with Gasteiger partial charge in [0.15, 0.2) is 17.5 Å². The molecule has 0 fully saturated rings. The minimum Gasteiger partial charge on any atom is -0.309 e. The lowest BCUT2D eigenvalue weighted by molar-refractivity contribution is 1.07. The topological polar surface area (TPSA) is 56.5 Å². The molecule has 0 unspecified atom stereocenters. The Kier molecular flexibility index (Phi) is 7.60. The van der Waals surface area contributed by atoms with Gasteiger partial charge in [-0.1, -0.05) is 146 Å². The monoisotopic (exact) mass is 733 g/mol. The van der Waals surface area contributed by atoms with Crippen molar-refractivity contribution < 1.29 is 0 Å². The number of benzene rings is 7. The molecule has 4 heterocycles. The van der Waals surface area contributed by atoms with Crippen molar-refractivity contribution in [2.24, 2.45) is 0 Å². The second-order valence-corrected chi connectivity index (χ2v) is 14.9. The summed E-state index contributed by atoms with van der Waals surface area (Å²) in [6, 6.07) is 63.4. The smallest absolute Gasteiger partial charge is 0.164 e. The van der Waals surface area contributed by atoms with E-state index in [9.17, 15) is 0 Å². The zero-order valence-electron chi connectivity index (χ0n) is 30.0. The molecule has 262 valence electrons. The SMILES string of the molecule is c1ccc(-c2cc(-c3nc(-c4ccccc4)nc(-c4ccccc4)n3)c(-c3cccc4c3sc3cc5c(cc34)c3ccccc3n5-c3ccccc3)cn2)cc1. The molecule has 0 aliphatic rings. The highest BCUT2D eigenvalue weighted by molar-refractivity contribution is 7.26. The third-order valence-corrected chi connectivity index (χ3v) is 11.7. The maximum absolute atomic E-state index is 5.19. The first kappa shape index (κ1) is 32.2. The number of hydrogen-bond donors (Lipinski definition) is 0. The predicted molar refractivity (Wildman–Crippen MR) is 232 cm³/mol. The highest BCUT2D eigenvalue weighted by Crippen LogP contribution is 2.45. The summed E-state index contributed by atoms with van der Waals surface area (Å²) in [7, 11) is 0. The van der Waals surface area contributed by atoms with Crippen LogP contribution in [0.4, 0.5) is 0 Å². The second kappa shape index (κ2) is 13.2. The molecule has 0 N–H and O–H groups in total. The molecule has 6 heteroatoms. The number of thiophene rings is 1. The van der Waals surface area contributed by atoms with Gasteiger partial charge < -0.3 is 4.57 Å². The van der Waals surface area contributed by atoms with E-state index in [2.05, 4.69) is 108 Å². The average Bonchev–Trinajstić information content (AvgIpc) is 3.81. The van der Waals surface area contributed by atoms with E-state index in [1.165, 1.54) is 42.0 Å². The molecule has 0 atom stereocenters. The van der Waals surface area contributed by atoms with Gasteiger partial charge in [-0.15, -0.1) is 11.3 Å². The van der Waals surface area contributed by atoms with Crippen molar-refractivity contribution in [3.05, 3.63) is 188 Å². The van der Waals surface area contributed by atoms with Crippen LogP contribution in [-0.4, -0.2) is 24.5 Å². The Hall–Kier alpha value is -7.28. The average molecular weight is 734 g/mol. The van der Waals surface area contributed by atoms with Crippen molar-refractivity contribution in [3.63, 3.8) is 0 Å². The summed E-state index contributed by atoms with van der Waals surface area (Å²) in [5.41, 5.74) is 10.2. The first-order valence-electron chi connectivity index (χ1n) is 18.6. The van der Waals surface area contributed by atoms with E-state index in [4.69, 9.17) is 19.9 Å². The van der Waals surface area contributed by atoms with Crippen LogP contribution in [0.3, 0.4) is 0 Å². The highest BCUT2D eigenvalue weighted by Gasteiger charge is 2.21. The molecule has 7 aromatic carbocycles. The Balaban J connectivity index is 1.17. The first-order valence-corrected chi connectivity index (χ1v) is 19.5. The number of fused-ring (bicyclic) bond motifs is 6. The maximum atomic E-state index is 5.19. The largest absolute Gasteiger partial charge is 0.309 e. The molecular formula is C50H31N5S. The quantitative estimate of drug-likeness (QED) is 0.171. The van der Waals surface area contributed by atoms with Crippen LogP contribution >= 0.6 is 11.3 Å². The third kappa shape index (κ3) is 5.38. The molecule has 0 saturated heterocycles. The molecule has 56 heavy (non-hydrogen) atoms. The Labute approximate surface area is 326 Å². The van der Waals surface area contributed by atoms with Gasteiger partial charge in [-0.2, -0.15) is 0 Å². The van der Waals surface area contributed by atoms with Crippen LogP contribution in [0.5, 0.6) is 0 Å². The van der Waals surface area contributed by atoms with Gasteiger partial charge in [0.2, 0.25) is 0 Å². The van der Waals surface area contributed by atoms with Gasteiger partial charge >= 0.3 is 0 Å². The number of pyridine rings is 1. The summed E-state index contributed by atoms with van der Waals surface area (Å²) in [4.78, 5) is 20.5. The van der Waals surface area contributed by atoms with Gasteiger partial charge in [0.25, 0.3) is 0 Å². The van der Waals surface area contributed by atoms with E-state index in [0.29, 0.717) is 17.5 Å². The minimum absolute atomic E-state index is 0.597. The van der Waals surface area contributed by atoms with Crippen LogP contribution in [0.15, 0.2) is 188 Å². The molecule has 0 spiro atoms. The molecule has 0 saturated carbocycles.